The van der Waals surface area contributed by atoms with Crippen LogP contribution in [0, 0.1) is 0 Å². The van der Waals surface area contributed by atoms with Gasteiger partial charge in [0.2, 0.25) is 5.91 Å². The van der Waals surface area contributed by atoms with E-state index < -0.39 is 11.4 Å². The topological polar surface area (TPSA) is 74.0 Å². The Kier molecular flexibility index (Phi) is 3.18. The number of primary amides is 1. The molecular weight excluding hydrogens is 262 g/mol. The molecule has 4 heteroatoms. The van der Waals surface area contributed by atoms with E-state index in [0.717, 1.165) is 11.0 Å². The van der Waals surface area contributed by atoms with Gasteiger partial charge < -0.3 is 16.0 Å². The highest BCUT2D eigenvalue weighted by molar-refractivity contribution is 6.07. The van der Waals surface area contributed by atoms with Crippen LogP contribution in [0.1, 0.15) is 13.3 Å². The number of carbonyl (C=O) groups is 1. The molecule has 4 N–H and O–H groups in total. The van der Waals surface area contributed by atoms with E-state index in [1.54, 1.807) is 6.92 Å². The molecule has 21 heavy (non-hydrogen) atoms. The maximum atomic E-state index is 11.4. The normalized spacial score (nSPS) is 14.4. The highest BCUT2D eigenvalue weighted by atomic mass is 16.1. The molecule has 2 aromatic carbocycles. The summed E-state index contributed by atoms with van der Waals surface area (Å²) in [4.78, 5) is 11.4. The third kappa shape index (κ3) is 2.28. The molecule has 0 radical (unpaired) electrons. The number of benzene rings is 2. The monoisotopic (exact) mass is 281 g/mol. The Hall–Kier alpha value is -2.33. The molecule has 108 valence electrons. The van der Waals surface area contributed by atoms with E-state index in [4.69, 9.17) is 11.5 Å². The van der Waals surface area contributed by atoms with Crippen molar-refractivity contribution in [3.05, 3.63) is 48.5 Å². The van der Waals surface area contributed by atoms with Crippen molar-refractivity contribution in [1.82, 2.24) is 4.57 Å². The highest BCUT2D eigenvalue weighted by Crippen LogP contribution is 2.29. The van der Waals surface area contributed by atoms with Crippen molar-refractivity contribution in [2.24, 2.45) is 11.5 Å². The lowest BCUT2D eigenvalue weighted by atomic mass is 9.98. The van der Waals surface area contributed by atoms with Crippen molar-refractivity contribution in [2.45, 2.75) is 25.4 Å². The lowest BCUT2D eigenvalue weighted by molar-refractivity contribution is -0.122. The van der Waals surface area contributed by atoms with Crippen LogP contribution in [0.5, 0.6) is 0 Å². The number of nitrogens with zero attached hydrogens (tertiary/aromatic N) is 1. The van der Waals surface area contributed by atoms with Gasteiger partial charge in [-0.05, 0) is 25.5 Å². The van der Waals surface area contributed by atoms with Crippen LogP contribution in [-0.4, -0.2) is 16.0 Å². The zero-order chi connectivity index (χ0) is 15.0. The van der Waals surface area contributed by atoms with Crippen LogP contribution in [0.25, 0.3) is 21.8 Å². The zero-order valence-electron chi connectivity index (χ0n) is 12.0. The number of fused-ring (bicyclic) bond motifs is 3. The minimum absolute atomic E-state index is 0.469. The maximum Gasteiger partial charge on any atom is 0.237 e. The summed E-state index contributed by atoms with van der Waals surface area (Å²) in [6.07, 6.45) is 0.505. The second-order valence-corrected chi connectivity index (χ2v) is 5.72. The number of hydrogen-bond acceptors (Lipinski definition) is 2. The van der Waals surface area contributed by atoms with Crippen LogP contribution >= 0.6 is 0 Å². The van der Waals surface area contributed by atoms with Crippen molar-refractivity contribution in [2.75, 3.05) is 0 Å². The molecule has 1 amide bonds. The average molecular weight is 281 g/mol. The molecular formula is C17H19N3O. The molecule has 0 aliphatic heterocycles. The van der Waals surface area contributed by atoms with Gasteiger partial charge in [0.25, 0.3) is 0 Å². The highest BCUT2D eigenvalue weighted by Gasteiger charge is 2.25. The van der Waals surface area contributed by atoms with Crippen molar-refractivity contribution in [3.8, 4) is 0 Å². The first-order valence-electron chi connectivity index (χ1n) is 7.05. The van der Waals surface area contributed by atoms with E-state index in [2.05, 4.69) is 28.8 Å². The standard InChI is InChI=1S/C17H19N3O/c1-17(19,16(18)21)10-11-20-14-8-4-2-6-12(14)13-7-3-5-9-15(13)20/h2-9H,10-11,19H2,1H3,(H2,18,21). The van der Waals surface area contributed by atoms with Crippen LogP contribution in [0.3, 0.4) is 0 Å². The second kappa shape index (κ2) is 4.90. The number of para-hydroxylation sites is 2. The Morgan fingerprint density at radius 2 is 1.52 bits per heavy atom. The van der Waals surface area contributed by atoms with Gasteiger partial charge in [0, 0.05) is 28.4 Å². The van der Waals surface area contributed by atoms with Gasteiger partial charge in [0.1, 0.15) is 0 Å². The largest absolute Gasteiger partial charge is 0.368 e. The molecule has 0 aliphatic carbocycles. The zero-order valence-corrected chi connectivity index (χ0v) is 12.0. The number of aryl methyl sites for hydroxylation is 1. The summed E-state index contributed by atoms with van der Waals surface area (Å²) in [7, 11) is 0. The second-order valence-electron chi connectivity index (χ2n) is 5.72. The van der Waals surface area contributed by atoms with Crippen LogP contribution in [0.4, 0.5) is 0 Å². The summed E-state index contributed by atoms with van der Waals surface area (Å²) in [6.45, 7) is 2.34. The fourth-order valence-corrected chi connectivity index (χ4v) is 2.71. The Morgan fingerprint density at radius 3 is 2.00 bits per heavy atom. The van der Waals surface area contributed by atoms with E-state index in [-0.39, 0.29) is 0 Å². The molecule has 0 spiro atoms. The molecule has 0 aliphatic rings. The number of aromatic nitrogens is 1. The summed E-state index contributed by atoms with van der Waals surface area (Å²) >= 11 is 0. The number of carbonyl (C=O) groups excluding carboxylic acids is 1. The molecule has 3 rings (SSSR count). The lowest BCUT2D eigenvalue weighted by Gasteiger charge is -2.21. The van der Waals surface area contributed by atoms with Crippen LogP contribution < -0.4 is 11.5 Å². The average Bonchev–Trinajstić information content (AvgIpc) is 2.79. The van der Waals surface area contributed by atoms with Gasteiger partial charge in [0.05, 0.1) is 5.54 Å². The summed E-state index contributed by atoms with van der Waals surface area (Å²) in [6, 6.07) is 16.5. The first-order chi connectivity index (χ1) is 10.0. The summed E-state index contributed by atoms with van der Waals surface area (Å²) in [5.41, 5.74) is 12.6. The lowest BCUT2D eigenvalue weighted by Crippen LogP contribution is -2.49. The molecule has 0 bridgehead atoms. The fourth-order valence-electron chi connectivity index (χ4n) is 2.71. The molecule has 0 fully saturated rings. The predicted octanol–water partition coefficient (Wildman–Crippen LogP) is 2.39. The fraction of sp³-hybridized carbons (Fsp3) is 0.235. The minimum Gasteiger partial charge on any atom is -0.368 e. The molecule has 0 saturated heterocycles. The van der Waals surface area contributed by atoms with E-state index >= 15 is 0 Å². The molecule has 1 atom stereocenters. The number of hydrogen-bond donors (Lipinski definition) is 2. The van der Waals surface area contributed by atoms with Crippen molar-refractivity contribution in [3.63, 3.8) is 0 Å². The molecule has 4 nitrogen and oxygen atoms in total. The Balaban J connectivity index is 2.10. The summed E-state index contributed by atoms with van der Waals surface area (Å²) in [5, 5.41) is 2.43. The molecule has 1 heterocycles. The van der Waals surface area contributed by atoms with E-state index in [1.165, 1.54) is 10.8 Å². The third-order valence-corrected chi connectivity index (χ3v) is 4.10. The van der Waals surface area contributed by atoms with E-state index in [1.807, 2.05) is 24.3 Å². The minimum atomic E-state index is -0.994. The maximum absolute atomic E-state index is 11.4. The van der Waals surface area contributed by atoms with E-state index in [0.29, 0.717) is 13.0 Å². The third-order valence-electron chi connectivity index (χ3n) is 4.10. The molecule has 1 unspecified atom stereocenters. The van der Waals surface area contributed by atoms with Gasteiger partial charge in [-0.15, -0.1) is 0 Å². The Bertz CT molecular complexity index is 764. The van der Waals surface area contributed by atoms with Gasteiger partial charge in [-0.1, -0.05) is 36.4 Å². The van der Waals surface area contributed by atoms with Gasteiger partial charge in [-0.3, -0.25) is 4.79 Å². The van der Waals surface area contributed by atoms with Gasteiger partial charge in [0.15, 0.2) is 0 Å². The number of rotatable bonds is 4. The van der Waals surface area contributed by atoms with Gasteiger partial charge in [-0.25, -0.2) is 0 Å². The molecule has 3 aromatic rings. The first-order valence-corrected chi connectivity index (χ1v) is 7.05. The quantitative estimate of drug-likeness (QED) is 0.770. The summed E-state index contributed by atoms with van der Waals surface area (Å²) in [5.74, 6) is -0.469. The Labute approximate surface area is 123 Å². The summed E-state index contributed by atoms with van der Waals surface area (Å²) < 4.78 is 2.21. The van der Waals surface area contributed by atoms with Crippen molar-refractivity contribution >= 4 is 27.7 Å². The van der Waals surface area contributed by atoms with Crippen LogP contribution in [0.15, 0.2) is 48.5 Å². The Morgan fingerprint density at radius 1 is 1.05 bits per heavy atom. The van der Waals surface area contributed by atoms with Gasteiger partial charge >= 0.3 is 0 Å². The van der Waals surface area contributed by atoms with Crippen molar-refractivity contribution in [1.29, 1.82) is 0 Å². The van der Waals surface area contributed by atoms with Gasteiger partial charge in [-0.2, -0.15) is 0 Å². The van der Waals surface area contributed by atoms with Crippen LogP contribution in [0.2, 0.25) is 0 Å². The SMILES string of the molecule is CC(N)(CCn1c2ccccc2c2ccccc21)C(N)=O. The smallest absolute Gasteiger partial charge is 0.237 e. The number of nitrogens with two attached hydrogens (primary N) is 2. The van der Waals surface area contributed by atoms with Crippen molar-refractivity contribution < 1.29 is 4.79 Å². The molecule has 0 saturated carbocycles. The predicted molar refractivity (Wildman–Crippen MR) is 85.8 cm³/mol. The molecule has 1 aromatic heterocycles. The van der Waals surface area contributed by atoms with E-state index in [9.17, 15) is 4.79 Å². The number of amides is 1. The van der Waals surface area contributed by atoms with Crippen LogP contribution in [-0.2, 0) is 11.3 Å². The first kappa shape index (κ1) is 13.6.